The third-order valence-electron chi connectivity index (χ3n) is 4.47. The fraction of sp³-hybridized carbons (Fsp3) is 1.00. The third kappa shape index (κ3) is 4.23. The highest BCUT2D eigenvalue weighted by molar-refractivity contribution is 4.76. The Morgan fingerprint density at radius 3 is 2.41 bits per heavy atom. The van der Waals surface area contributed by atoms with Crippen molar-refractivity contribution in [1.29, 1.82) is 0 Å². The molecule has 2 aliphatic heterocycles. The lowest BCUT2D eigenvalue weighted by atomic mass is 9.97. The molecular formula is C14H29N3. The van der Waals surface area contributed by atoms with Crippen molar-refractivity contribution in [2.45, 2.75) is 38.6 Å². The van der Waals surface area contributed by atoms with Crippen LogP contribution >= 0.6 is 0 Å². The van der Waals surface area contributed by atoms with Crippen molar-refractivity contribution in [3.05, 3.63) is 0 Å². The maximum Gasteiger partial charge on any atom is 0.0192 e. The van der Waals surface area contributed by atoms with Crippen LogP contribution in [-0.2, 0) is 0 Å². The van der Waals surface area contributed by atoms with E-state index in [-0.39, 0.29) is 0 Å². The van der Waals surface area contributed by atoms with Crippen LogP contribution in [-0.4, -0.2) is 62.2 Å². The number of rotatable bonds is 5. The van der Waals surface area contributed by atoms with Crippen molar-refractivity contribution in [3.8, 4) is 0 Å². The van der Waals surface area contributed by atoms with E-state index in [2.05, 4.69) is 29.1 Å². The first kappa shape index (κ1) is 13.3. The van der Waals surface area contributed by atoms with Gasteiger partial charge in [-0.1, -0.05) is 0 Å². The first-order chi connectivity index (χ1) is 8.25. The quantitative estimate of drug-likeness (QED) is 0.782. The van der Waals surface area contributed by atoms with Crippen molar-refractivity contribution >= 4 is 0 Å². The van der Waals surface area contributed by atoms with E-state index in [0.717, 1.165) is 12.0 Å². The molecule has 2 rings (SSSR count). The number of nitrogens with zero attached hydrogens (tertiary/aromatic N) is 2. The average Bonchev–Trinajstić information content (AvgIpc) is 2.85. The molecule has 2 heterocycles. The summed E-state index contributed by atoms with van der Waals surface area (Å²) in [6.45, 7) is 9.97. The van der Waals surface area contributed by atoms with Gasteiger partial charge in [-0.15, -0.1) is 0 Å². The fourth-order valence-corrected chi connectivity index (χ4v) is 3.07. The second-order valence-electron chi connectivity index (χ2n) is 6.00. The lowest BCUT2D eigenvalue weighted by molar-refractivity contribution is 0.207. The van der Waals surface area contributed by atoms with E-state index in [4.69, 9.17) is 0 Å². The van der Waals surface area contributed by atoms with Crippen LogP contribution in [0.5, 0.6) is 0 Å². The summed E-state index contributed by atoms with van der Waals surface area (Å²) < 4.78 is 0. The smallest absolute Gasteiger partial charge is 0.0192 e. The van der Waals surface area contributed by atoms with Crippen LogP contribution in [0.2, 0.25) is 0 Å². The lowest BCUT2D eigenvalue weighted by Crippen LogP contribution is -2.41. The second-order valence-corrected chi connectivity index (χ2v) is 6.00. The zero-order valence-electron chi connectivity index (χ0n) is 11.6. The number of piperidine rings is 1. The molecule has 1 N–H and O–H groups in total. The molecule has 0 spiro atoms. The molecule has 100 valence electrons. The molecule has 3 nitrogen and oxygen atoms in total. The molecule has 1 atom stereocenters. The van der Waals surface area contributed by atoms with Crippen LogP contribution in [0.3, 0.4) is 0 Å². The molecule has 3 heteroatoms. The van der Waals surface area contributed by atoms with Crippen molar-refractivity contribution in [2.24, 2.45) is 5.92 Å². The van der Waals surface area contributed by atoms with Crippen LogP contribution < -0.4 is 5.32 Å². The Morgan fingerprint density at radius 2 is 1.76 bits per heavy atom. The molecule has 0 aliphatic carbocycles. The SMILES string of the molecule is CC(CNCC1CCN(C)CC1)N1CCCC1. The van der Waals surface area contributed by atoms with Gasteiger partial charge in [0.15, 0.2) is 0 Å². The molecular weight excluding hydrogens is 210 g/mol. The third-order valence-corrected chi connectivity index (χ3v) is 4.47. The summed E-state index contributed by atoms with van der Waals surface area (Å²) in [5.41, 5.74) is 0. The number of nitrogens with one attached hydrogen (secondary N) is 1. The Bertz CT molecular complexity index is 206. The predicted octanol–water partition coefficient (Wildman–Crippen LogP) is 1.40. The maximum absolute atomic E-state index is 3.69. The fourth-order valence-electron chi connectivity index (χ4n) is 3.07. The molecule has 0 radical (unpaired) electrons. The van der Waals surface area contributed by atoms with E-state index in [9.17, 15) is 0 Å². The first-order valence-corrected chi connectivity index (χ1v) is 7.39. The Morgan fingerprint density at radius 1 is 1.12 bits per heavy atom. The van der Waals surface area contributed by atoms with Gasteiger partial charge in [0.1, 0.15) is 0 Å². The largest absolute Gasteiger partial charge is 0.315 e. The molecule has 2 aliphatic rings. The van der Waals surface area contributed by atoms with Crippen LogP contribution in [0, 0.1) is 5.92 Å². The van der Waals surface area contributed by atoms with Gasteiger partial charge in [-0.25, -0.2) is 0 Å². The average molecular weight is 239 g/mol. The summed E-state index contributed by atoms with van der Waals surface area (Å²) in [4.78, 5) is 5.07. The summed E-state index contributed by atoms with van der Waals surface area (Å²) in [5, 5.41) is 3.69. The normalized spacial score (nSPS) is 26.5. The van der Waals surface area contributed by atoms with E-state index >= 15 is 0 Å². The number of hydrogen-bond donors (Lipinski definition) is 1. The van der Waals surface area contributed by atoms with E-state index in [1.165, 1.54) is 65.0 Å². The van der Waals surface area contributed by atoms with Gasteiger partial charge in [0, 0.05) is 12.6 Å². The Labute approximate surface area is 107 Å². The standard InChI is InChI=1S/C14H29N3/c1-13(17-7-3-4-8-17)11-15-12-14-5-9-16(2)10-6-14/h13-15H,3-12H2,1-2H3. The van der Waals surface area contributed by atoms with Crippen molar-refractivity contribution in [2.75, 3.05) is 46.3 Å². The van der Waals surface area contributed by atoms with Gasteiger partial charge < -0.3 is 10.2 Å². The molecule has 0 aromatic heterocycles. The summed E-state index contributed by atoms with van der Waals surface area (Å²) in [5.74, 6) is 0.914. The van der Waals surface area contributed by atoms with Gasteiger partial charge in [0.05, 0.1) is 0 Å². The van der Waals surface area contributed by atoms with Gasteiger partial charge in [-0.3, -0.25) is 4.90 Å². The summed E-state index contributed by atoms with van der Waals surface area (Å²) >= 11 is 0. The highest BCUT2D eigenvalue weighted by Crippen LogP contribution is 2.15. The summed E-state index contributed by atoms with van der Waals surface area (Å²) in [6.07, 6.45) is 5.56. The molecule has 0 aromatic rings. The van der Waals surface area contributed by atoms with Crippen molar-refractivity contribution in [1.82, 2.24) is 15.1 Å². The molecule has 2 saturated heterocycles. The van der Waals surface area contributed by atoms with Crippen LogP contribution in [0.25, 0.3) is 0 Å². The first-order valence-electron chi connectivity index (χ1n) is 7.39. The lowest BCUT2D eigenvalue weighted by Gasteiger charge is -2.30. The van der Waals surface area contributed by atoms with Gasteiger partial charge >= 0.3 is 0 Å². The van der Waals surface area contributed by atoms with E-state index in [0.29, 0.717) is 0 Å². The Hall–Kier alpha value is -0.120. The van der Waals surface area contributed by atoms with E-state index < -0.39 is 0 Å². The van der Waals surface area contributed by atoms with Gasteiger partial charge in [0.25, 0.3) is 0 Å². The van der Waals surface area contributed by atoms with Crippen LogP contribution in [0.4, 0.5) is 0 Å². The zero-order valence-corrected chi connectivity index (χ0v) is 11.6. The summed E-state index contributed by atoms with van der Waals surface area (Å²) in [6, 6.07) is 0.726. The predicted molar refractivity (Wildman–Crippen MR) is 73.4 cm³/mol. The molecule has 0 saturated carbocycles. The minimum Gasteiger partial charge on any atom is -0.315 e. The molecule has 2 fully saturated rings. The minimum absolute atomic E-state index is 0.726. The van der Waals surface area contributed by atoms with Gasteiger partial charge in [-0.05, 0) is 78.3 Å². The second kappa shape index (κ2) is 6.72. The molecule has 0 aromatic carbocycles. The molecule has 1 unspecified atom stereocenters. The minimum atomic E-state index is 0.726. The topological polar surface area (TPSA) is 18.5 Å². The summed E-state index contributed by atoms with van der Waals surface area (Å²) in [7, 11) is 2.24. The van der Waals surface area contributed by atoms with Gasteiger partial charge in [0.2, 0.25) is 0 Å². The van der Waals surface area contributed by atoms with Crippen LogP contribution in [0.1, 0.15) is 32.6 Å². The van der Waals surface area contributed by atoms with Crippen LogP contribution in [0.15, 0.2) is 0 Å². The monoisotopic (exact) mass is 239 g/mol. The highest BCUT2D eigenvalue weighted by atomic mass is 15.2. The van der Waals surface area contributed by atoms with E-state index in [1.807, 2.05) is 0 Å². The zero-order chi connectivity index (χ0) is 12.1. The van der Waals surface area contributed by atoms with Crippen molar-refractivity contribution < 1.29 is 0 Å². The van der Waals surface area contributed by atoms with E-state index in [1.54, 1.807) is 0 Å². The number of hydrogen-bond acceptors (Lipinski definition) is 3. The number of likely N-dealkylation sites (tertiary alicyclic amines) is 2. The maximum atomic E-state index is 3.69. The van der Waals surface area contributed by atoms with Gasteiger partial charge in [-0.2, -0.15) is 0 Å². The molecule has 0 bridgehead atoms. The molecule has 17 heavy (non-hydrogen) atoms. The Kier molecular flexibility index (Phi) is 5.26. The highest BCUT2D eigenvalue weighted by Gasteiger charge is 2.19. The molecule has 0 amide bonds. The van der Waals surface area contributed by atoms with Crippen molar-refractivity contribution in [3.63, 3.8) is 0 Å². The Balaban J connectivity index is 1.56.